The fourth-order valence-electron chi connectivity index (χ4n) is 2.12. The van der Waals surface area contributed by atoms with E-state index in [0.29, 0.717) is 37.2 Å². The number of hydrazone groups is 1. The molecule has 0 aliphatic heterocycles. The smallest absolute Gasteiger partial charge is 0.272 e. The number of rotatable bonds is 4. The fraction of sp³-hybridized carbons (Fsp3) is 0. The first kappa shape index (κ1) is 17.7. The summed E-state index contributed by atoms with van der Waals surface area (Å²) in [6.07, 6.45) is 1.41. The van der Waals surface area contributed by atoms with Crippen molar-refractivity contribution < 1.29 is 9.21 Å². The summed E-state index contributed by atoms with van der Waals surface area (Å²) in [7, 11) is 0. The van der Waals surface area contributed by atoms with Crippen LogP contribution in [-0.2, 0) is 0 Å². The third kappa shape index (κ3) is 4.12. The number of nitrogens with zero attached hydrogens (tertiary/aromatic N) is 1. The summed E-state index contributed by atoms with van der Waals surface area (Å²) in [5.74, 6) is 0.706. The average molecular weight is 438 g/mol. The van der Waals surface area contributed by atoms with Gasteiger partial charge in [0.05, 0.1) is 21.8 Å². The Morgan fingerprint density at radius 3 is 2.68 bits per heavy atom. The minimum atomic E-state index is -0.326. The quantitative estimate of drug-likeness (QED) is 0.415. The molecule has 0 bridgehead atoms. The van der Waals surface area contributed by atoms with Gasteiger partial charge in [-0.1, -0.05) is 41.4 Å². The van der Waals surface area contributed by atoms with Crippen LogP contribution in [-0.4, -0.2) is 12.1 Å². The molecule has 0 spiro atoms. The first-order chi connectivity index (χ1) is 12.1. The number of hydrogen-bond donors (Lipinski definition) is 1. The maximum Gasteiger partial charge on any atom is 0.272 e. The highest BCUT2D eigenvalue weighted by atomic mass is 79.9. The minimum absolute atomic E-state index is 0.326. The van der Waals surface area contributed by atoms with Crippen molar-refractivity contribution >= 4 is 51.3 Å². The fourth-order valence-corrected chi connectivity index (χ4v) is 2.98. The van der Waals surface area contributed by atoms with Gasteiger partial charge in [0.25, 0.3) is 5.91 Å². The van der Waals surface area contributed by atoms with E-state index in [1.807, 2.05) is 12.1 Å². The van der Waals surface area contributed by atoms with Gasteiger partial charge in [-0.15, -0.1) is 0 Å². The third-order valence-corrected chi connectivity index (χ3v) is 4.83. The van der Waals surface area contributed by atoms with Gasteiger partial charge in [0.2, 0.25) is 0 Å². The average Bonchev–Trinajstić information content (AvgIpc) is 3.06. The molecule has 0 aliphatic rings. The predicted molar refractivity (Wildman–Crippen MR) is 103 cm³/mol. The van der Waals surface area contributed by atoms with Crippen molar-refractivity contribution in [2.24, 2.45) is 5.10 Å². The summed E-state index contributed by atoms with van der Waals surface area (Å²) >= 11 is 15.5. The largest absolute Gasteiger partial charge is 0.455 e. The van der Waals surface area contributed by atoms with Crippen LogP contribution in [0.2, 0.25) is 10.0 Å². The van der Waals surface area contributed by atoms with Crippen LogP contribution in [0.5, 0.6) is 0 Å². The maximum absolute atomic E-state index is 12.0. The SMILES string of the molecule is O=C(NN=Cc1ccc(-c2cccc(Cl)c2Cl)o1)c1ccccc1Br. The predicted octanol–water partition coefficient (Wildman–Crippen LogP) is 5.78. The molecule has 126 valence electrons. The zero-order valence-corrected chi connectivity index (χ0v) is 15.8. The van der Waals surface area contributed by atoms with Crippen LogP contribution in [0.4, 0.5) is 0 Å². The summed E-state index contributed by atoms with van der Waals surface area (Å²) in [6, 6.07) is 15.9. The molecule has 0 radical (unpaired) electrons. The monoisotopic (exact) mass is 436 g/mol. The molecule has 0 aliphatic carbocycles. The Kier molecular flexibility index (Phi) is 5.58. The van der Waals surface area contributed by atoms with E-state index >= 15 is 0 Å². The van der Waals surface area contributed by atoms with Gasteiger partial charge in [-0.2, -0.15) is 5.10 Å². The van der Waals surface area contributed by atoms with Crippen molar-refractivity contribution in [1.82, 2.24) is 5.43 Å². The molecule has 7 heteroatoms. The second kappa shape index (κ2) is 7.87. The molecule has 0 atom stereocenters. The Labute approximate surface area is 162 Å². The van der Waals surface area contributed by atoms with Crippen LogP contribution < -0.4 is 5.43 Å². The lowest BCUT2D eigenvalue weighted by atomic mass is 10.2. The highest BCUT2D eigenvalue weighted by molar-refractivity contribution is 9.10. The van der Waals surface area contributed by atoms with Crippen molar-refractivity contribution in [3.63, 3.8) is 0 Å². The normalized spacial score (nSPS) is 11.0. The van der Waals surface area contributed by atoms with E-state index in [0.717, 1.165) is 0 Å². The molecule has 0 unspecified atom stereocenters. The van der Waals surface area contributed by atoms with E-state index in [9.17, 15) is 4.79 Å². The highest BCUT2D eigenvalue weighted by Gasteiger charge is 2.11. The van der Waals surface area contributed by atoms with E-state index in [1.54, 1.807) is 42.5 Å². The van der Waals surface area contributed by atoms with Gasteiger partial charge < -0.3 is 4.42 Å². The zero-order valence-electron chi connectivity index (χ0n) is 12.7. The van der Waals surface area contributed by atoms with Crippen LogP contribution >= 0.6 is 39.1 Å². The van der Waals surface area contributed by atoms with Crippen molar-refractivity contribution in [3.8, 4) is 11.3 Å². The second-order valence-corrected chi connectivity index (χ2v) is 6.62. The van der Waals surface area contributed by atoms with E-state index < -0.39 is 0 Å². The molecule has 1 amide bonds. The number of nitrogens with one attached hydrogen (secondary N) is 1. The van der Waals surface area contributed by atoms with Crippen LogP contribution in [0.15, 0.2) is 68.6 Å². The second-order valence-electron chi connectivity index (χ2n) is 4.98. The number of halogens is 3. The lowest BCUT2D eigenvalue weighted by molar-refractivity contribution is 0.0954. The Morgan fingerprint density at radius 2 is 1.88 bits per heavy atom. The van der Waals surface area contributed by atoms with E-state index in [-0.39, 0.29) is 5.91 Å². The molecule has 3 aromatic rings. The topological polar surface area (TPSA) is 54.6 Å². The van der Waals surface area contributed by atoms with Crippen molar-refractivity contribution in [1.29, 1.82) is 0 Å². The summed E-state index contributed by atoms with van der Waals surface area (Å²) in [4.78, 5) is 12.0. The van der Waals surface area contributed by atoms with E-state index in [2.05, 4.69) is 26.5 Å². The Hall–Kier alpha value is -2.08. The highest BCUT2D eigenvalue weighted by Crippen LogP contribution is 2.34. The molecule has 25 heavy (non-hydrogen) atoms. The van der Waals surface area contributed by atoms with Crippen LogP contribution in [0, 0.1) is 0 Å². The first-order valence-corrected chi connectivity index (χ1v) is 8.73. The van der Waals surface area contributed by atoms with Crippen molar-refractivity contribution in [2.75, 3.05) is 0 Å². The Morgan fingerprint density at radius 1 is 1.08 bits per heavy atom. The molecule has 1 heterocycles. The number of carbonyl (C=O) groups excluding carboxylic acids is 1. The number of hydrogen-bond acceptors (Lipinski definition) is 3. The Bertz CT molecular complexity index is 954. The third-order valence-electron chi connectivity index (χ3n) is 3.32. The summed E-state index contributed by atoms with van der Waals surface area (Å²) in [5, 5.41) is 4.78. The standard InChI is InChI=1S/C18H11BrCl2N2O2/c19-14-6-2-1-4-12(14)18(24)23-22-10-11-8-9-16(25-11)13-5-3-7-15(20)17(13)21/h1-10H,(H,23,24). The van der Waals surface area contributed by atoms with Gasteiger partial charge in [0.1, 0.15) is 11.5 Å². The minimum Gasteiger partial charge on any atom is -0.455 e. The number of carbonyl (C=O) groups is 1. The molecule has 3 rings (SSSR count). The van der Waals surface area contributed by atoms with Gasteiger partial charge in [-0.3, -0.25) is 4.79 Å². The summed E-state index contributed by atoms with van der Waals surface area (Å²) < 4.78 is 6.36. The van der Waals surface area contributed by atoms with E-state index in [1.165, 1.54) is 6.21 Å². The van der Waals surface area contributed by atoms with E-state index in [4.69, 9.17) is 27.6 Å². The molecule has 0 saturated heterocycles. The molecule has 4 nitrogen and oxygen atoms in total. The van der Waals surface area contributed by atoms with Gasteiger partial charge >= 0.3 is 0 Å². The van der Waals surface area contributed by atoms with Gasteiger partial charge in [0.15, 0.2) is 0 Å². The molecule has 0 saturated carbocycles. The van der Waals surface area contributed by atoms with Crippen molar-refractivity contribution in [2.45, 2.75) is 0 Å². The van der Waals surface area contributed by atoms with Gasteiger partial charge in [0, 0.05) is 10.0 Å². The first-order valence-electron chi connectivity index (χ1n) is 7.18. The zero-order chi connectivity index (χ0) is 17.8. The molecular formula is C18H11BrCl2N2O2. The molecule has 1 aromatic heterocycles. The van der Waals surface area contributed by atoms with Crippen LogP contribution in [0.3, 0.4) is 0 Å². The van der Waals surface area contributed by atoms with Crippen LogP contribution in [0.25, 0.3) is 11.3 Å². The number of benzene rings is 2. The maximum atomic E-state index is 12.0. The van der Waals surface area contributed by atoms with Gasteiger partial charge in [-0.25, -0.2) is 5.43 Å². The lowest BCUT2D eigenvalue weighted by Crippen LogP contribution is -2.17. The molecule has 1 N–H and O–H groups in total. The summed E-state index contributed by atoms with van der Waals surface area (Å²) in [5.41, 5.74) is 3.63. The van der Waals surface area contributed by atoms with Gasteiger partial charge in [-0.05, 0) is 52.3 Å². The summed E-state index contributed by atoms with van der Waals surface area (Å²) in [6.45, 7) is 0. The number of amides is 1. The lowest BCUT2D eigenvalue weighted by Gasteiger charge is -2.02. The van der Waals surface area contributed by atoms with Crippen LogP contribution in [0.1, 0.15) is 16.1 Å². The number of furan rings is 1. The molecule has 2 aromatic carbocycles. The Balaban J connectivity index is 1.71. The van der Waals surface area contributed by atoms with Crippen molar-refractivity contribution in [3.05, 3.63) is 80.4 Å². The molecule has 0 fully saturated rings. The molecular weight excluding hydrogens is 427 g/mol.